The van der Waals surface area contributed by atoms with Gasteiger partial charge in [0.15, 0.2) is 0 Å². The van der Waals surface area contributed by atoms with Crippen molar-refractivity contribution in [1.82, 2.24) is 4.90 Å². The Morgan fingerprint density at radius 3 is 2.62 bits per heavy atom. The molecule has 1 nitrogen and oxygen atoms in total. The predicted molar refractivity (Wildman–Crippen MR) is 61.0 cm³/mol. The molecule has 0 aromatic rings. The number of likely N-dealkylation sites (N-methyl/N-ethyl adjacent to an activating group) is 1. The van der Waals surface area contributed by atoms with E-state index >= 15 is 0 Å². The van der Waals surface area contributed by atoms with Crippen molar-refractivity contribution in [3.8, 4) is 0 Å². The van der Waals surface area contributed by atoms with Gasteiger partial charge in [-0.05, 0) is 33.9 Å². The van der Waals surface area contributed by atoms with Crippen molar-refractivity contribution in [2.75, 3.05) is 20.1 Å². The van der Waals surface area contributed by atoms with Gasteiger partial charge in [0, 0.05) is 6.54 Å². The molecule has 0 aromatic heterocycles. The minimum atomic E-state index is 1.09. The van der Waals surface area contributed by atoms with Crippen molar-refractivity contribution in [2.24, 2.45) is 0 Å². The van der Waals surface area contributed by atoms with Crippen molar-refractivity contribution in [1.29, 1.82) is 0 Å². The fraction of sp³-hybridized carbons (Fsp3) is 0.667. The van der Waals surface area contributed by atoms with E-state index in [-0.39, 0.29) is 0 Å². The van der Waals surface area contributed by atoms with Crippen LogP contribution in [0.5, 0.6) is 0 Å². The standard InChI is InChI=1S/C12H23N/c1-5-7-9-12(3)11-13(4)10-8-6-2/h5,7,9H,6,8,10-11H2,1-4H3/b7-5-,12-9+. The second kappa shape index (κ2) is 8.06. The summed E-state index contributed by atoms with van der Waals surface area (Å²) < 4.78 is 0. The van der Waals surface area contributed by atoms with E-state index in [9.17, 15) is 0 Å². The molecule has 1 heteroatoms. The third-order valence-corrected chi connectivity index (χ3v) is 1.99. The SMILES string of the molecule is C/C=C\C=C(/C)CN(C)CCCC. The summed E-state index contributed by atoms with van der Waals surface area (Å²) in [6.45, 7) is 8.76. The molecule has 13 heavy (non-hydrogen) atoms. The van der Waals surface area contributed by atoms with Crippen molar-refractivity contribution < 1.29 is 0 Å². The molecule has 0 radical (unpaired) electrons. The monoisotopic (exact) mass is 181 g/mol. The van der Waals surface area contributed by atoms with Crippen molar-refractivity contribution in [3.05, 3.63) is 23.8 Å². The number of nitrogens with zero attached hydrogens (tertiary/aromatic N) is 1. The summed E-state index contributed by atoms with van der Waals surface area (Å²) in [4.78, 5) is 2.37. The Hall–Kier alpha value is -0.560. The summed E-state index contributed by atoms with van der Waals surface area (Å²) in [6.07, 6.45) is 8.93. The average Bonchev–Trinajstić information content (AvgIpc) is 2.11. The van der Waals surface area contributed by atoms with Gasteiger partial charge in [0.05, 0.1) is 0 Å². The van der Waals surface area contributed by atoms with Crippen LogP contribution in [0.4, 0.5) is 0 Å². The molecule has 0 aliphatic heterocycles. The summed E-state index contributed by atoms with van der Waals surface area (Å²) in [5, 5.41) is 0. The lowest BCUT2D eigenvalue weighted by molar-refractivity contribution is 0.354. The topological polar surface area (TPSA) is 3.24 Å². The first-order chi connectivity index (χ1) is 6.20. The Morgan fingerprint density at radius 1 is 1.38 bits per heavy atom. The minimum absolute atomic E-state index is 1.09. The molecule has 0 bridgehead atoms. The molecule has 0 aliphatic carbocycles. The van der Waals surface area contributed by atoms with E-state index < -0.39 is 0 Å². The van der Waals surface area contributed by atoms with E-state index in [1.54, 1.807) is 0 Å². The van der Waals surface area contributed by atoms with Crippen LogP contribution in [0.2, 0.25) is 0 Å². The molecule has 0 rings (SSSR count). The zero-order valence-corrected chi connectivity index (χ0v) is 9.51. The highest BCUT2D eigenvalue weighted by atomic mass is 15.1. The van der Waals surface area contributed by atoms with Crippen LogP contribution < -0.4 is 0 Å². The molecule has 0 amide bonds. The van der Waals surface area contributed by atoms with Gasteiger partial charge in [-0.1, -0.05) is 37.1 Å². The van der Waals surface area contributed by atoms with E-state index in [1.807, 2.05) is 6.92 Å². The first-order valence-electron chi connectivity index (χ1n) is 5.17. The lowest BCUT2D eigenvalue weighted by atomic mass is 10.2. The minimum Gasteiger partial charge on any atom is -0.302 e. The van der Waals surface area contributed by atoms with Crippen molar-refractivity contribution in [3.63, 3.8) is 0 Å². The van der Waals surface area contributed by atoms with Gasteiger partial charge in [0.25, 0.3) is 0 Å². The van der Waals surface area contributed by atoms with Crippen molar-refractivity contribution in [2.45, 2.75) is 33.6 Å². The number of allylic oxidation sites excluding steroid dienone is 3. The van der Waals surface area contributed by atoms with E-state index in [0.717, 1.165) is 6.54 Å². The molecular formula is C12H23N. The number of hydrogen-bond donors (Lipinski definition) is 0. The predicted octanol–water partition coefficient (Wildman–Crippen LogP) is 3.24. The van der Waals surface area contributed by atoms with Gasteiger partial charge >= 0.3 is 0 Å². The molecule has 0 saturated heterocycles. The Balaban J connectivity index is 3.70. The van der Waals surface area contributed by atoms with E-state index in [1.165, 1.54) is 25.0 Å². The number of unbranched alkanes of at least 4 members (excludes halogenated alkanes) is 1. The summed E-state index contributed by atoms with van der Waals surface area (Å²) in [5.74, 6) is 0. The first kappa shape index (κ1) is 12.4. The molecule has 0 unspecified atom stereocenters. The lowest BCUT2D eigenvalue weighted by Gasteiger charge is -2.15. The maximum absolute atomic E-state index is 2.37. The Kier molecular flexibility index (Phi) is 7.71. The van der Waals surface area contributed by atoms with Gasteiger partial charge in [0.1, 0.15) is 0 Å². The molecule has 0 heterocycles. The fourth-order valence-electron chi connectivity index (χ4n) is 1.25. The second-order valence-electron chi connectivity index (χ2n) is 3.63. The van der Waals surface area contributed by atoms with Crippen LogP contribution >= 0.6 is 0 Å². The van der Waals surface area contributed by atoms with Gasteiger partial charge in [-0.3, -0.25) is 0 Å². The normalized spacial score (nSPS) is 13.2. The van der Waals surface area contributed by atoms with E-state index in [4.69, 9.17) is 0 Å². The van der Waals surface area contributed by atoms with Gasteiger partial charge in [0.2, 0.25) is 0 Å². The quantitative estimate of drug-likeness (QED) is 0.569. The highest BCUT2D eigenvalue weighted by Crippen LogP contribution is 1.98. The average molecular weight is 181 g/mol. The molecular weight excluding hydrogens is 158 g/mol. The summed E-state index contributed by atoms with van der Waals surface area (Å²) in [6, 6.07) is 0. The maximum atomic E-state index is 2.37. The molecule has 0 saturated carbocycles. The highest BCUT2D eigenvalue weighted by molar-refractivity contribution is 5.11. The molecule has 0 spiro atoms. The smallest absolute Gasteiger partial charge is 0.0190 e. The largest absolute Gasteiger partial charge is 0.302 e. The zero-order chi connectivity index (χ0) is 10.1. The Bertz CT molecular complexity index is 168. The zero-order valence-electron chi connectivity index (χ0n) is 9.51. The Morgan fingerprint density at radius 2 is 2.08 bits per heavy atom. The first-order valence-corrected chi connectivity index (χ1v) is 5.17. The lowest BCUT2D eigenvalue weighted by Crippen LogP contribution is -2.21. The van der Waals surface area contributed by atoms with Gasteiger partial charge in [-0.2, -0.15) is 0 Å². The highest BCUT2D eigenvalue weighted by Gasteiger charge is 1.96. The molecule has 0 fully saturated rings. The van der Waals surface area contributed by atoms with Crippen LogP contribution in [-0.2, 0) is 0 Å². The van der Waals surface area contributed by atoms with Gasteiger partial charge < -0.3 is 4.90 Å². The summed E-state index contributed by atoms with van der Waals surface area (Å²) >= 11 is 0. The van der Waals surface area contributed by atoms with Crippen LogP contribution in [-0.4, -0.2) is 25.0 Å². The van der Waals surface area contributed by atoms with Crippen molar-refractivity contribution >= 4 is 0 Å². The van der Waals surface area contributed by atoms with Crippen LogP contribution in [0.15, 0.2) is 23.8 Å². The summed E-state index contributed by atoms with van der Waals surface area (Å²) in [5.41, 5.74) is 1.43. The van der Waals surface area contributed by atoms with Crippen LogP contribution in [0.25, 0.3) is 0 Å². The number of rotatable bonds is 6. The molecule has 0 aliphatic rings. The third kappa shape index (κ3) is 7.79. The van der Waals surface area contributed by atoms with E-state index in [2.05, 4.69) is 44.0 Å². The van der Waals surface area contributed by atoms with Crippen LogP contribution in [0, 0.1) is 0 Å². The third-order valence-electron chi connectivity index (χ3n) is 1.99. The number of hydrogen-bond acceptors (Lipinski definition) is 1. The second-order valence-corrected chi connectivity index (χ2v) is 3.63. The van der Waals surface area contributed by atoms with E-state index in [0.29, 0.717) is 0 Å². The molecule has 0 N–H and O–H groups in total. The van der Waals surface area contributed by atoms with Gasteiger partial charge in [-0.15, -0.1) is 0 Å². The summed E-state index contributed by atoms with van der Waals surface area (Å²) in [7, 11) is 2.18. The van der Waals surface area contributed by atoms with Crippen LogP contribution in [0.3, 0.4) is 0 Å². The Labute approximate surface area is 83.1 Å². The van der Waals surface area contributed by atoms with Gasteiger partial charge in [-0.25, -0.2) is 0 Å². The molecule has 76 valence electrons. The molecule has 0 atom stereocenters. The molecule has 0 aromatic carbocycles. The maximum Gasteiger partial charge on any atom is 0.0190 e. The van der Waals surface area contributed by atoms with Crippen LogP contribution in [0.1, 0.15) is 33.6 Å². The fourth-order valence-corrected chi connectivity index (χ4v) is 1.25.